The zero-order valence-electron chi connectivity index (χ0n) is 6.02. The smallest absolute Gasteiger partial charge is 0.161 e. The van der Waals surface area contributed by atoms with E-state index in [2.05, 4.69) is 47.8 Å². The van der Waals surface area contributed by atoms with Crippen LogP contribution in [0.2, 0.25) is 0 Å². The number of nitrogens with two attached hydrogens (primary N) is 2. The molecule has 0 bridgehead atoms. The zero-order valence-corrected chi connectivity index (χ0v) is 10.8. The van der Waals surface area contributed by atoms with Gasteiger partial charge in [-0.05, 0) is 18.2 Å². The number of alkyl halides is 3. The molecule has 4 N–H and O–H groups in total. The lowest BCUT2D eigenvalue weighted by molar-refractivity contribution is 1.37. The molecule has 2 nitrogen and oxygen atoms in total. The molecule has 12 heavy (non-hydrogen) atoms. The summed E-state index contributed by atoms with van der Waals surface area (Å²) in [6, 6.07) is 5.33. The van der Waals surface area contributed by atoms with Gasteiger partial charge < -0.3 is 11.5 Å². The van der Waals surface area contributed by atoms with E-state index in [-0.39, 0.29) is 0 Å². The number of nitrogen functional groups attached to an aromatic ring is 2. The lowest BCUT2D eigenvalue weighted by Crippen LogP contribution is -2.04. The number of rotatable bonds is 0. The predicted octanol–water partition coefficient (Wildman–Crippen LogP) is 3.15. The van der Waals surface area contributed by atoms with Crippen LogP contribution in [0.1, 0.15) is 5.56 Å². The zero-order chi connectivity index (χ0) is 9.35. The molecule has 0 aliphatic carbocycles. The molecule has 1 rings (SSSR count). The summed E-state index contributed by atoms with van der Waals surface area (Å²) in [4.78, 5) is 0. The van der Waals surface area contributed by atoms with E-state index in [1.807, 2.05) is 0 Å². The second kappa shape index (κ2) is 3.55. The van der Waals surface area contributed by atoms with Gasteiger partial charge in [0.05, 0.1) is 0 Å². The van der Waals surface area contributed by atoms with Crippen LogP contribution >= 0.6 is 47.8 Å². The molecule has 0 heterocycles. The molecule has 0 atom stereocenters. The Morgan fingerprint density at radius 1 is 1.08 bits per heavy atom. The highest BCUT2D eigenvalue weighted by Crippen LogP contribution is 2.47. The molecular formula is C7H7Br3N2. The average molecular weight is 359 g/mol. The molecular weight excluding hydrogens is 352 g/mol. The van der Waals surface area contributed by atoms with Crippen molar-refractivity contribution < 1.29 is 0 Å². The number of benzene rings is 1. The van der Waals surface area contributed by atoms with Crippen LogP contribution in [0.25, 0.3) is 0 Å². The van der Waals surface area contributed by atoms with Crippen molar-refractivity contribution in [3.8, 4) is 0 Å². The van der Waals surface area contributed by atoms with Gasteiger partial charge in [-0.15, -0.1) is 0 Å². The van der Waals surface area contributed by atoms with Gasteiger partial charge in [0, 0.05) is 16.9 Å². The Hall–Kier alpha value is 0.260. The van der Waals surface area contributed by atoms with Crippen molar-refractivity contribution >= 4 is 59.2 Å². The van der Waals surface area contributed by atoms with E-state index in [0.29, 0.717) is 11.4 Å². The van der Waals surface area contributed by atoms with E-state index in [4.69, 9.17) is 11.5 Å². The number of hydrogen-bond acceptors (Lipinski definition) is 2. The largest absolute Gasteiger partial charge is 0.399 e. The Labute approximate surface area is 96.1 Å². The lowest BCUT2D eigenvalue weighted by atomic mass is 10.2. The first-order chi connectivity index (χ1) is 5.41. The molecule has 0 amide bonds. The Balaban J connectivity index is 3.23. The fourth-order valence-electron chi connectivity index (χ4n) is 0.819. The van der Waals surface area contributed by atoms with E-state index in [0.717, 1.165) is 5.56 Å². The van der Waals surface area contributed by atoms with Crippen LogP contribution < -0.4 is 11.5 Å². The van der Waals surface area contributed by atoms with Crippen molar-refractivity contribution in [2.24, 2.45) is 0 Å². The molecule has 0 unspecified atom stereocenters. The van der Waals surface area contributed by atoms with Crippen molar-refractivity contribution in [1.82, 2.24) is 0 Å². The fourth-order valence-corrected chi connectivity index (χ4v) is 1.85. The standard InChI is InChI=1S/C7H7Br3N2/c8-7(9,10)5-3-4(11)1-2-6(5)12/h1-3H,11-12H2. The van der Waals surface area contributed by atoms with Gasteiger partial charge in [-0.1, -0.05) is 47.8 Å². The maximum absolute atomic E-state index is 5.73. The minimum Gasteiger partial charge on any atom is -0.399 e. The molecule has 0 aliphatic rings. The van der Waals surface area contributed by atoms with Crippen LogP contribution in [0, 0.1) is 0 Å². The predicted molar refractivity (Wildman–Crippen MR) is 63.7 cm³/mol. The Morgan fingerprint density at radius 2 is 1.67 bits per heavy atom. The molecule has 66 valence electrons. The van der Waals surface area contributed by atoms with Crippen LogP contribution in [-0.4, -0.2) is 0 Å². The van der Waals surface area contributed by atoms with Gasteiger partial charge >= 0.3 is 0 Å². The van der Waals surface area contributed by atoms with Gasteiger partial charge in [0.2, 0.25) is 0 Å². The van der Waals surface area contributed by atoms with Gasteiger partial charge in [0.25, 0.3) is 0 Å². The van der Waals surface area contributed by atoms with E-state index < -0.39 is 2.14 Å². The molecule has 0 saturated carbocycles. The van der Waals surface area contributed by atoms with E-state index >= 15 is 0 Å². The van der Waals surface area contributed by atoms with Crippen molar-refractivity contribution in [3.63, 3.8) is 0 Å². The minimum atomic E-state index is -0.494. The number of anilines is 2. The van der Waals surface area contributed by atoms with Gasteiger partial charge in [-0.25, -0.2) is 0 Å². The maximum Gasteiger partial charge on any atom is 0.161 e. The fraction of sp³-hybridized carbons (Fsp3) is 0.143. The van der Waals surface area contributed by atoms with E-state index in [1.165, 1.54) is 0 Å². The summed E-state index contributed by atoms with van der Waals surface area (Å²) in [5, 5.41) is 0. The molecule has 1 aromatic carbocycles. The Bertz CT molecular complexity index is 293. The first-order valence-electron chi connectivity index (χ1n) is 3.13. The topological polar surface area (TPSA) is 52.0 Å². The van der Waals surface area contributed by atoms with Crippen LogP contribution in [-0.2, 0) is 2.14 Å². The maximum atomic E-state index is 5.73. The summed E-state index contributed by atoms with van der Waals surface area (Å²) in [5.41, 5.74) is 13.6. The SMILES string of the molecule is Nc1ccc(N)c(C(Br)(Br)Br)c1. The molecule has 0 fully saturated rings. The number of halogens is 3. The highest BCUT2D eigenvalue weighted by atomic mass is 80.0. The molecule has 1 aromatic rings. The molecule has 0 spiro atoms. The Kier molecular flexibility index (Phi) is 3.06. The molecule has 0 saturated heterocycles. The summed E-state index contributed by atoms with van der Waals surface area (Å²) in [5.74, 6) is 0. The van der Waals surface area contributed by atoms with Crippen LogP contribution in [0.5, 0.6) is 0 Å². The first kappa shape index (κ1) is 10.3. The molecule has 5 heteroatoms. The monoisotopic (exact) mass is 356 g/mol. The summed E-state index contributed by atoms with van der Waals surface area (Å²) < 4.78 is -0.494. The molecule has 0 aromatic heterocycles. The quantitative estimate of drug-likeness (QED) is 0.553. The van der Waals surface area contributed by atoms with E-state index in [1.54, 1.807) is 18.2 Å². The van der Waals surface area contributed by atoms with Crippen molar-refractivity contribution in [2.45, 2.75) is 2.14 Å². The summed E-state index contributed by atoms with van der Waals surface area (Å²) in [6.45, 7) is 0. The third-order valence-corrected chi connectivity index (χ3v) is 2.66. The van der Waals surface area contributed by atoms with Gasteiger partial charge in [0.15, 0.2) is 2.14 Å². The first-order valence-corrected chi connectivity index (χ1v) is 5.51. The third-order valence-electron chi connectivity index (χ3n) is 1.38. The van der Waals surface area contributed by atoms with Gasteiger partial charge in [-0.2, -0.15) is 0 Å². The summed E-state index contributed by atoms with van der Waals surface area (Å²) >= 11 is 10.1. The highest BCUT2D eigenvalue weighted by molar-refractivity contribution is 9.38. The number of hydrogen-bond donors (Lipinski definition) is 2. The van der Waals surface area contributed by atoms with Crippen molar-refractivity contribution in [3.05, 3.63) is 23.8 Å². The Morgan fingerprint density at radius 3 is 2.08 bits per heavy atom. The third kappa shape index (κ3) is 2.37. The van der Waals surface area contributed by atoms with Gasteiger partial charge in [0.1, 0.15) is 0 Å². The molecule has 0 aliphatic heterocycles. The second-order valence-electron chi connectivity index (χ2n) is 2.34. The van der Waals surface area contributed by atoms with E-state index in [9.17, 15) is 0 Å². The average Bonchev–Trinajstić information content (AvgIpc) is 1.92. The van der Waals surface area contributed by atoms with Crippen LogP contribution in [0.15, 0.2) is 18.2 Å². The minimum absolute atomic E-state index is 0.494. The van der Waals surface area contributed by atoms with Crippen molar-refractivity contribution in [1.29, 1.82) is 0 Å². The highest BCUT2D eigenvalue weighted by Gasteiger charge is 2.23. The van der Waals surface area contributed by atoms with Crippen molar-refractivity contribution in [2.75, 3.05) is 11.5 Å². The van der Waals surface area contributed by atoms with Gasteiger partial charge in [-0.3, -0.25) is 0 Å². The van der Waals surface area contributed by atoms with Crippen LogP contribution in [0.3, 0.4) is 0 Å². The summed E-state index contributed by atoms with van der Waals surface area (Å²) in [7, 11) is 0. The second-order valence-corrected chi connectivity index (χ2v) is 9.11. The summed E-state index contributed by atoms with van der Waals surface area (Å²) in [6.07, 6.45) is 0. The lowest BCUT2D eigenvalue weighted by Gasteiger charge is -2.15. The normalized spacial score (nSPS) is 11.6. The van der Waals surface area contributed by atoms with Crippen LogP contribution in [0.4, 0.5) is 11.4 Å². The molecule has 0 radical (unpaired) electrons.